The Balaban J connectivity index is 2.00. The Morgan fingerprint density at radius 1 is 1.37 bits per heavy atom. The molecule has 102 valence electrons. The van der Waals surface area contributed by atoms with Gasteiger partial charge in [0.1, 0.15) is 4.90 Å². The van der Waals surface area contributed by atoms with Crippen LogP contribution in [0.2, 0.25) is 0 Å². The zero-order chi connectivity index (χ0) is 13.9. The minimum atomic E-state index is -3.77. The molecule has 0 bridgehead atoms. The first-order valence-corrected chi connectivity index (χ1v) is 7.13. The Morgan fingerprint density at radius 2 is 2.16 bits per heavy atom. The van der Waals surface area contributed by atoms with Gasteiger partial charge in [0.05, 0.1) is 12.0 Å². The largest absolute Gasteiger partial charge is 0.398 e. The zero-order valence-electron chi connectivity index (χ0n) is 10.2. The molecule has 5 N–H and O–H groups in total. The Bertz CT molecular complexity index is 652. The normalized spacial score (nSPS) is 11.4. The van der Waals surface area contributed by atoms with Crippen molar-refractivity contribution in [1.82, 2.24) is 9.55 Å². The first-order chi connectivity index (χ1) is 8.97. The van der Waals surface area contributed by atoms with E-state index in [0.29, 0.717) is 6.54 Å². The monoisotopic (exact) mass is 281 g/mol. The third-order valence-corrected chi connectivity index (χ3v) is 3.56. The van der Waals surface area contributed by atoms with Crippen LogP contribution >= 0.6 is 0 Å². The predicted molar refractivity (Wildman–Crippen MR) is 72.9 cm³/mol. The van der Waals surface area contributed by atoms with E-state index in [-0.39, 0.29) is 10.6 Å². The summed E-state index contributed by atoms with van der Waals surface area (Å²) in [6.45, 7) is 1.42. The summed E-state index contributed by atoms with van der Waals surface area (Å²) < 4.78 is 24.3. The van der Waals surface area contributed by atoms with E-state index in [1.54, 1.807) is 24.7 Å². The molecule has 0 unspecified atom stereocenters. The predicted octanol–water partition coefficient (Wildman–Crippen LogP) is 0.225. The van der Waals surface area contributed by atoms with Gasteiger partial charge in [0, 0.05) is 31.2 Å². The average molecular weight is 281 g/mol. The summed E-state index contributed by atoms with van der Waals surface area (Å²) in [5, 5.41) is 8.17. The summed E-state index contributed by atoms with van der Waals surface area (Å²) in [6, 6.07) is 4.57. The SMILES string of the molecule is Nc1cc(NCCn2ccnc2)ccc1S(N)(=O)=O. The van der Waals surface area contributed by atoms with Crippen molar-refractivity contribution in [3.8, 4) is 0 Å². The van der Waals surface area contributed by atoms with Crippen LogP contribution in [0.15, 0.2) is 41.8 Å². The third kappa shape index (κ3) is 3.46. The molecule has 2 rings (SSSR count). The summed E-state index contributed by atoms with van der Waals surface area (Å²) in [4.78, 5) is 3.87. The number of nitrogens with zero attached hydrogens (tertiary/aromatic N) is 2. The molecule has 0 amide bonds. The van der Waals surface area contributed by atoms with Crippen LogP contribution in [-0.2, 0) is 16.6 Å². The Hall–Kier alpha value is -2.06. The topological polar surface area (TPSA) is 116 Å². The van der Waals surface area contributed by atoms with Crippen LogP contribution in [0, 0.1) is 0 Å². The van der Waals surface area contributed by atoms with Gasteiger partial charge in [-0.15, -0.1) is 0 Å². The molecule has 0 saturated carbocycles. The zero-order valence-corrected chi connectivity index (χ0v) is 11.0. The second-order valence-corrected chi connectivity index (χ2v) is 5.55. The number of nitrogen functional groups attached to an aromatic ring is 1. The van der Waals surface area contributed by atoms with Crippen LogP contribution in [0.4, 0.5) is 11.4 Å². The molecule has 19 heavy (non-hydrogen) atoms. The summed E-state index contributed by atoms with van der Waals surface area (Å²) in [5.41, 5.74) is 6.53. The van der Waals surface area contributed by atoms with Crippen molar-refractivity contribution in [3.63, 3.8) is 0 Å². The average Bonchev–Trinajstić information content (AvgIpc) is 2.80. The first kappa shape index (κ1) is 13.4. The quantitative estimate of drug-likeness (QED) is 0.678. The molecule has 0 aliphatic carbocycles. The van der Waals surface area contributed by atoms with Gasteiger partial charge < -0.3 is 15.6 Å². The standard InChI is InChI=1S/C11H15N5O2S/c12-10-7-9(1-2-11(10)19(13,17)18)15-4-6-16-5-3-14-8-16/h1-3,5,7-8,15H,4,6,12H2,(H2,13,17,18). The van der Waals surface area contributed by atoms with Gasteiger partial charge >= 0.3 is 0 Å². The lowest BCUT2D eigenvalue weighted by atomic mass is 10.3. The van der Waals surface area contributed by atoms with Gasteiger partial charge in [0.2, 0.25) is 10.0 Å². The van der Waals surface area contributed by atoms with Crippen LogP contribution < -0.4 is 16.2 Å². The minimum absolute atomic E-state index is 0.0624. The van der Waals surface area contributed by atoms with Crippen LogP contribution in [0.3, 0.4) is 0 Å². The van der Waals surface area contributed by atoms with Gasteiger partial charge in [-0.05, 0) is 18.2 Å². The van der Waals surface area contributed by atoms with E-state index in [2.05, 4.69) is 10.3 Å². The molecule has 0 aliphatic rings. The molecule has 2 aromatic rings. The van der Waals surface area contributed by atoms with Crippen molar-refractivity contribution >= 4 is 21.4 Å². The number of nitrogens with two attached hydrogens (primary N) is 2. The fourth-order valence-corrected chi connectivity index (χ4v) is 2.31. The Kier molecular flexibility index (Phi) is 3.72. The van der Waals surface area contributed by atoms with Crippen LogP contribution in [0.25, 0.3) is 0 Å². The molecule has 1 aromatic heterocycles. The number of aromatic nitrogens is 2. The fraction of sp³-hybridized carbons (Fsp3) is 0.182. The summed E-state index contributed by atoms with van der Waals surface area (Å²) in [7, 11) is -3.77. The fourth-order valence-electron chi connectivity index (χ4n) is 1.67. The Labute approximate surface area is 111 Å². The maximum atomic E-state index is 11.2. The summed E-state index contributed by atoms with van der Waals surface area (Å²) >= 11 is 0. The second-order valence-electron chi connectivity index (χ2n) is 4.02. The van der Waals surface area contributed by atoms with E-state index in [9.17, 15) is 8.42 Å². The van der Waals surface area contributed by atoms with E-state index in [1.807, 2.05) is 10.8 Å². The molecule has 0 spiro atoms. The lowest BCUT2D eigenvalue weighted by Crippen LogP contribution is -2.15. The lowest BCUT2D eigenvalue weighted by molar-refractivity contribution is 0.598. The molecule has 0 atom stereocenters. The Morgan fingerprint density at radius 3 is 2.74 bits per heavy atom. The maximum Gasteiger partial charge on any atom is 0.240 e. The number of hydrogen-bond acceptors (Lipinski definition) is 5. The summed E-state index contributed by atoms with van der Waals surface area (Å²) in [5.74, 6) is 0. The molecule has 0 saturated heterocycles. The molecule has 8 heteroatoms. The van der Waals surface area contributed by atoms with Gasteiger partial charge in [-0.2, -0.15) is 0 Å². The van der Waals surface area contributed by atoms with Crippen molar-refractivity contribution < 1.29 is 8.42 Å². The smallest absolute Gasteiger partial charge is 0.240 e. The number of sulfonamides is 1. The molecule has 0 fully saturated rings. The van der Waals surface area contributed by atoms with E-state index in [0.717, 1.165) is 12.2 Å². The van der Waals surface area contributed by atoms with E-state index in [1.165, 1.54) is 6.07 Å². The van der Waals surface area contributed by atoms with Crippen molar-refractivity contribution in [1.29, 1.82) is 0 Å². The van der Waals surface area contributed by atoms with Crippen molar-refractivity contribution in [2.45, 2.75) is 11.4 Å². The minimum Gasteiger partial charge on any atom is -0.398 e. The molecule has 1 aromatic carbocycles. The van der Waals surface area contributed by atoms with Crippen molar-refractivity contribution in [2.24, 2.45) is 5.14 Å². The number of anilines is 2. The molecule has 0 aliphatic heterocycles. The first-order valence-electron chi connectivity index (χ1n) is 5.59. The van der Waals surface area contributed by atoms with Gasteiger partial charge in [-0.1, -0.05) is 0 Å². The molecular weight excluding hydrogens is 266 g/mol. The van der Waals surface area contributed by atoms with Gasteiger partial charge in [-0.25, -0.2) is 18.5 Å². The van der Waals surface area contributed by atoms with Gasteiger partial charge in [-0.3, -0.25) is 0 Å². The number of hydrogen-bond donors (Lipinski definition) is 3. The second kappa shape index (κ2) is 5.29. The third-order valence-electron chi connectivity index (χ3n) is 2.57. The number of rotatable bonds is 5. The number of primary sulfonamides is 1. The van der Waals surface area contributed by atoms with Crippen molar-refractivity contribution in [3.05, 3.63) is 36.9 Å². The van der Waals surface area contributed by atoms with E-state index in [4.69, 9.17) is 10.9 Å². The highest BCUT2D eigenvalue weighted by Crippen LogP contribution is 2.21. The van der Waals surface area contributed by atoms with Gasteiger partial charge in [0.25, 0.3) is 0 Å². The van der Waals surface area contributed by atoms with E-state index >= 15 is 0 Å². The summed E-state index contributed by atoms with van der Waals surface area (Å²) in [6.07, 6.45) is 5.29. The van der Waals surface area contributed by atoms with Crippen molar-refractivity contribution in [2.75, 3.05) is 17.6 Å². The highest BCUT2D eigenvalue weighted by atomic mass is 32.2. The molecule has 0 radical (unpaired) electrons. The van der Waals surface area contributed by atoms with E-state index < -0.39 is 10.0 Å². The van der Waals surface area contributed by atoms with Gasteiger partial charge in [0.15, 0.2) is 0 Å². The van der Waals surface area contributed by atoms with Crippen LogP contribution in [0.5, 0.6) is 0 Å². The number of benzene rings is 1. The number of imidazole rings is 1. The molecule has 1 heterocycles. The molecular formula is C11H15N5O2S. The highest BCUT2D eigenvalue weighted by molar-refractivity contribution is 7.89. The van der Waals surface area contributed by atoms with Crippen LogP contribution in [0.1, 0.15) is 0 Å². The lowest BCUT2D eigenvalue weighted by Gasteiger charge is -2.09. The highest BCUT2D eigenvalue weighted by Gasteiger charge is 2.11. The van der Waals surface area contributed by atoms with Crippen LogP contribution in [-0.4, -0.2) is 24.5 Å². The molecule has 7 nitrogen and oxygen atoms in total. The maximum absolute atomic E-state index is 11.2. The number of nitrogens with one attached hydrogen (secondary N) is 1.